The minimum Gasteiger partial charge on any atom is -0.465 e. The summed E-state index contributed by atoms with van der Waals surface area (Å²) in [6.45, 7) is 8.18. The van der Waals surface area contributed by atoms with Gasteiger partial charge in [0.15, 0.2) is 0 Å². The lowest BCUT2D eigenvalue weighted by molar-refractivity contribution is -0.124. The van der Waals surface area contributed by atoms with Crippen LogP contribution in [0.2, 0.25) is 0 Å². The summed E-state index contributed by atoms with van der Waals surface area (Å²) >= 11 is 1.28. The van der Waals surface area contributed by atoms with Crippen LogP contribution in [-0.4, -0.2) is 62.2 Å². The van der Waals surface area contributed by atoms with E-state index >= 15 is 0 Å². The minimum absolute atomic E-state index is 0.0476. The molecule has 0 radical (unpaired) electrons. The molecule has 1 aromatic heterocycles. The van der Waals surface area contributed by atoms with Crippen molar-refractivity contribution >= 4 is 28.9 Å². The Bertz CT molecular complexity index is 1020. The van der Waals surface area contributed by atoms with Crippen LogP contribution < -0.4 is 4.90 Å². The Morgan fingerprint density at radius 3 is 2.47 bits per heavy atom. The Morgan fingerprint density at radius 2 is 1.84 bits per heavy atom. The molecule has 3 aliphatic rings. The number of carbonyl (C=O) groups excluding carboxylic acids is 2. The van der Waals surface area contributed by atoms with Crippen molar-refractivity contribution in [2.75, 3.05) is 31.8 Å². The number of anilines is 1. The number of hydrogen-bond donors (Lipinski definition) is 1. The summed E-state index contributed by atoms with van der Waals surface area (Å²) in [4.78, 5) is 30.0. The number of thiophene rings is 1. The van der Waals surface area contributed by atoms with Gasteiger partial charge in [0.25, 0.3) is 0 Å². The number of ether oxygens (including phenoxy) is 3. The molecule has 8 heteroatoms. The van der Waals surface area contributed by atoms with Crippen molar-refractivity contribution in [1.82, 2.24) is 0 Å². The van der Waals surface area contributed by atoms with Gasteiger partial charge in [0.1, 0.15) is 4.88 Å². The fourth-order valence-corrected chi connectivity index (χ4v) is 6.53. The van der Waals surface area contributed by atoms with Crippen LogP contribution >= 0.6 is 11.3 Å². The normalized spacial score (nSPS) is 27.9. The maximum atomic E-state index is 14.0. The fourth-order valence-electron chi connectivity index (χ4n) is 5.61. The molecular formula is C30H43NO6S. The second-order valence-electron chi connectivity index (χ2n) is 11.9. The molecule has 2 aliphatic carbocycles. The first kappa shape index (κ1) is 29.1. The molecule has 2 heterocycles. The molecule has 0 spiro atoms. The Morgan fingerprint density at radius 1 is 1.13 bits per heavy atom. The lowest BCUT2D eigenvalue weighted by Crippen LogP contribution is -2.47. The van der Waals surface area contributed by atoms with Crippen LogP contribution in [-0.2, 0) is 19.0 Å². The summed E-state index contributed by atoms with van der Waals surface area (Å²) in [6.07, 6.45) is 7.25. The number of aliphatic hydroxyl groups is 1. The summed E-state index contributed by atoms with van der Waals surface area (Å²) < 4.78 is 16.5. The fraction of sp³-hybridized carbons (Fsp3) is 0.733. The summed E-state index contributed by atoms with van der Waals surface area (Å²) in [5, 5.41) is 10.1. The third-order valence-corrected chi connectivity index (χ3v) is 9.09. The summed E-state index contributed by atoms with van der Waals surface area (Å²) in [7, 11) is 1.37. The monoisotopic (exact) mass is 545 g/mol. The molecule has 1 unspecified atom stereocenters. The zero-order valence-electron chi connectivity index (χ0n) is 23.3. The van der Waals surface area contributed by atoms with E-state index in [1.807, 2.05) is 24.8 Å². The van der Waals surface area contributed by atoms with Gasteiger partial charge < -0.3 is 24.2 Å². The number of carbonyl (C=O) groups is 2. The highest BCUT2D eigenvalue weighted by molar-refractivity contribution is 7.15. The molecule has 0 aromatic carbocycles. The van der Waals surface area contributed by atoms with Crippen molar-refractivity contribution in [1.29, 1.82) is 0 Å². The molecule has 1 N–H and O–H groups in total. The van der Waals surface area contributed by atoms with Gasteiger partial charge in [0, 0.05) is 24.0 Å². The second kappa shape index (κ2) is 13.0. The Balaban J connectivity index is 1.62. The number of hydrogen-bond acceptors (Lipinski definition) is 7. The van der Waals surface area contributed by atoms with Gasteiger partial charge in [-0.1, -0.05) is 18.8 Å². The van der Waals surface area contributed by atoms with E-state index in [1.165, 1.54) is 18.4 Å². The van der Waals surface area contributed by atoms with Crippen LogP contribution in [0.3, 0.4) is 0 Å². The van der Waals surface area contributed by atoms with Gasteiger partial charge in [-0.2, -0.15) is 0 Å². The lowest BCUT2D eigenvalue weighted by atomic mass is 9.81. The molecule has 1 atom stereocenters. The minimum atomic E-state index is -0.451. The standard InChI is InChI=1S/C30H43NO6S/c1-20-5-7-21(8-6-20)28(33)31(22-9-11-23(32)12-10-22)26-17-25(38-27(26)29(34)35-4)13-15-30(2,3)19-37-24-14-16-36-18-24/h17,20-24,32H,5-12,14,16,18-19H2,1-4H3/t20-,21-,22-,23-,24?. The van der Waals surface area contributed by atoms with E-state index in [4.69, 9.17) is 14.2 Å². The van der Waals surface area contributed by atoms with E-state index < -0.39 is 5.97 Å². The molecule has 38 heavy (non-hydrogen) atoms. The topological polar surface area (TPSA) is 85.3 Å². The predicted molar refractivity (Wildman–Crippen MR) is 148 cm³/mol. The van der Waals surface area contributed by atoms with Crippen LogP contribution in [0.15, 0.2) is 6.07 Å². The Kier molecular flexibility index (Phi) is 9.91. The summed E-state index contributed by atoms with van der Waals surface area (Å²) in [5.74, 6) is 6.82. The van der Waals surface area contributed by atoms with Crippen molar-refractivity contribution in [3.63, 3.8) is 0 Å². The molecule has 4 rings (SSSR count). The van der Waals surface area contributed by atoms with Crippen LogP contribution in [0.4, 0.5) is 5.69 Å². The highest BCUT2D eigenvalue weighted by Gasteiger charge is 2.37. The number of amides is 1. The molecule has 210 valence electrons. The van der Waals surface area contributed by atoms with Crippen molar-refractivity contribution in [3.8, 4) is 11.8 Å². The van der Waals surface area contributed by atoms with E-state index in [2.05, 4.69) is 18.8 Å². The van der Waals surface area contributed by atoms with Gasteiger partial charge in [-0.15, -0.1) is 11.3 Å². The molecule has 0 bridgehead atoms. The average molecular weight is 546 g/mol. The van der Waals surface area contributed by atoms with Crippen molar-refractivity contribution in [2.45, 2.75) is 96.8 Å². The number of nitrogens with zero attached hydrogens (tertiary/aromatic N) is 1. The van der Waals surface area contributed by atoms with Crippen LogP contribution in [0.25, 0.3) is 0 Å². The highest BCUT2D eigenvalue weighted by Crippen LogP contribution is 2.39. The lowest BCUT2D eigenvalue weighted by Gasteiger charge is -2.38. The van der Waals surface area contributed by atoms with Crippen LogP contribution in [0.1, 0.15) is 93.1 Å². The summed E-state index contributed by atoms with van der Waals surface area (Å²) in [5.41, 5.74) is 0.222. The number of methoxy groups -OCH3 is 1. The van der Waals surface area contributed by atoms with Crippen molar-refractivity contribution < 1.29 is 28.9 Å². The Labute approximate surface area is 231 Å². The van der Waals surface area contributed by atoms with Gasteiger partial charge in [-0.3, -0.25) is 4.79 Å². The molecular weight excluding hydrogens is 502 g/mol. The Hall–Kier alpha value is -1.92. The van der Waals surface area contributed by atoms with Gasteiger partial charge in [-0.25, -0.2) is 4.79 Å². The van der Waals surface area contributed by atoms with E-state index in [-0.39, 0.29) is 35.5 Å². The van der Waals surface area contributed by atoms with Gasteiger partial charge in [0.2, 0.25) is 5.91 Å². The smallest absolute Gasteiger partial charge is 0.350 e. The van der Waals surface area contributed by atoms with E-state index in [0.29, 0.717) is 55.4 Å². The van der Waals surface area contributed by atoms with Crippen molar-refractivity contribution in [3.05, 3.63) is 15.8 Å². The molecule has 1 aliphatic heterocycles. The van der Waals surface area contributed by atoms with E-state index in [9.17, 15) is 14.7 Å². The second-order valence-corrected chi connectivity index (χ2v) is 12.9. The molecule has 1 saturated heterocycles. The quantitative estimate of drug-likeness (QED) is 0.375. The summed E-state index contributed by atoms with van der Waals surface area (Å²) in [6, 6.07) is 1.84. The van der Waals surface area contributed by atoms with Gasteiger partial charge >= 0.3 is 5.97 Å². The van der Waals surface area contributed by atoms with E-state index in [1.54, 1.807) is 0 Å². The van der Waals surface area contributed by atoms with Crippen molar-refractivity contribution in [2.24, 2.45) is 17.3 Å². The maximum Gasteiger partial charge on any atom is 0.350 e. The zero-order valence-corrected chi connectivity index (χ0v) is 24.1. The van der Waals surface area contributed by atoms with Gasteiger partial charge in [-0.05, 0) is 83.6 Å². The first-order valence-corrected chi connectivity index (χ1v) is 14.9. The maximum absolute atomic E-state index is 14.0. The number of esters is 1. The number of rotatable bonds is 7. The van der Waals surface area contributed by atoms with Crippen LogP contribution in [0, 0.1) is 29.1 Å². The zero-order chi connectivity index (χ0) is 27.3. The molecule has 7 nitrogen and oxygen atoms in total. The van der Waals surface area contributed by atoms with Crippen LogP contribution in [0.5, 0.6) is 0 Å². The number of aliphatic hydroxyl groups excluding tert-OH is 1. The van der Waals surface area contributed by atoms with E-state index in [0.717, 1.165) is 43.6 Å². The average Bonchev–Trinajstić information content (AvgIpc) is 3.58. The molecule has 1 amide bonds. The third-order valence-electron chi connectivity index (χ3n) is 8.07. The SMILES string of the molecule is COC(=O)c1sc(C#CC(C)(C)COC2CCOC2)cc1N(C(=O)[C@H]1CC[C@H](C)CC1)[C@H]1CC[C@H](O)CC1. The predicted octanol–water partition coefficient (Wildman–Crippen LogP) is 5.18. The molecule has 2 saturated carbocycles. The molecule has 3 fully saturated rings. The first-order chi connectivity index (χ1) is 18.2. The largest absolute Gasteiger partial charge is 0.465 e. The third kappa shape index (κ3) is 7.38. The van der Waals surface area contributed by atoms with Gasteiger partial charge in [0.05, 0.1) is 43.1 Å². The first-order valence-electron chi connectivity index (χ1n) is 14.1. The molecule has 1 aromatic rings. The highest BCUT2D eigenvalue weighted by atomic mass is 32.1.